The van der Waals surface area contributed by atoms with E-state index in [1.807, 2.05) is 75.5 Å². The number of carbonyl (C=O) groups is 1. The Morgan fingerprint density at radius 1 is 1.06 bits per heavy atom. The number of aryl methyl sites for hydroxylation is 2. The third-order valence-corrected chi connectivity index (χ3v) is 8.77. The molecule has 2 aromatic heterocycles. The Labute approximate surface area is 296 Å². The van der Waals surface area contributed by atoms with Crippen LogP contribution in [-0.4, -0.2) is 67.6 Å². The van der Waals surface area contributed by atoms with E-state index in [1.54, 1.807) is 20.8 Å². The van der Waals surface area contributed by atoms with Gasteiger partial charge in [0.2, 0.25) is 5.78 Å². The minimum absolute atomic E-state index is 0.0845. The molecule has 0 radical (unpaired) electrons. The number of aliphatic hydroxyl groups is 1. The van der Waals surface area contributed by atoms with Crippen LogP contribution in [-0.2, 0) is 16.0 Å². The minimum atomic E-state index is -0.905. The van der Waals surface area contributed by atoms with Gasteiger partial charge in [-0.05, 0) is 110 Å². The van der Waals surface area contributed by atoms with Crippen molar-refractivity contribution in [2.75, 3.05) is 24.6 Å². The molecule has 1 unspecified atom stereocenters. The molecule has 0 saturated carbocycles. The summed E-state index contributed by atoms with van der Waals surface area (Å²) in [4.78, 5) is 23.8. The minimum Gasteiger partial charge on any atom is -0.490 e. The summed E-state index contributed by atoms with van der Waals surface area (Å²) in [6.07, 6.45) is 6.03. The van der Waals surface area contributed by atoms with Crippen molar-refractivity contribution in [2.45, 2.75) is 118 Å². The highest BCUT2D eigenvalue weighted by Gasteiger charge is 2.33. The lowest BCUT2D eigenvalue weighted by atomic mass is 9.92. The Hall–Kier alpha value is -4.02. The molecule has 0 spiro atoms. The molecule has 3 aliphatic heterocycles. The second kappa shape index (κ2) is 16.3. The first-order valence-electron chi connectivity index (χ1n) is 17.9. The number of imidazole rings is 1. The Morgan fingerprint density at radius 2 is 1.72 bits per heavy atom. The lowest BCUT2D eigenvalue weighted by Gasteiger charge is -2.41. The number of anilines is 1. The van der Waals surface area contributed by atoms with Crippen LogP contribution in [0.15, 0.2) is 42.6 Å². The van der Waals surface area contributed by atoms with Crippen LogP contribution in [0.1, 0.15) is 97.4 Å². The molecule has 1 saturated heterocycles. The number of nitrogens with zero attached hydrogens (tertiary/aromatic N) is 4. The first-order valence-corrected chi connectivity index (χ1v) is 17.9. The van der Waals surface area contributed by atoms with Crippen LogP contribution in [0, 0.1) is 19.7 Å². The highest BCUT2D eigenvalue weighted by atomic mass is 19.1. The summed E-state index contributed by atoms with van der Waals surface area (Å²) in [5.74, 6) is 0.596. The van der Waals surface area contributed by atoms with Crippen molar-refractivity contribution in [3.63, 3.8) is 0 Å². The maximum atomic E-state index is 15.6. The van der Waals surface area contributed by atoms with E-state index in [2.05, 4.69) is 11.8 Å². The summed E-state index contributed by atoms with van der Waals surface area (Å²) in [5, 5.41) is 18.3. The van der Waals surface area contributed by atoms with Crippen LogP contribution in [0.4, 0.5) is 10.2 Å². The third-order valence-electron chi connectivity index (χ3n) is 8.77. The van der Waals surface area contributed by atoms with Crippen molar-refractivity contribution in [3.05, 3.63) is 65.2 Å². The predicted octanol–water partition coefficient (Wildman–Crippen LogP) is 8.58. The van der Waals surface area contributed by atoms with Crippen molar-refractivity contribution in [1.29, 1.82) is 0 Å². The Balaban J connectivity index is 0.000000738. The number of hydrogen-bond acceptors (Lipinski definition) is 7. The van der Waals surface area contributed by atoms with Crippen LogP contribution >= 0.6 is 0 Å². The fraction of sp³-hybridized carbons (Fsp3) is 0.525. The molecular weight excluding hydrogens is 635 g/mol. The number of aliphatic carboxylic acids is 1. The first kappa shape index (κ1) is 38.8. The maximum absolute atomic E-state index is 15.6. The van der Waals surface area contributed by atoms with Gasteiger partial charge in [0.25, 0.3) is 0 Å². The van der Waals surface area contributed by atoms with E-state index in [1.165, 1.54) is 6.07 Å². The molecule has 7 rings (SSSR count). The zero-order chi connectivity index (χ0) is 36.8. The standard InChI is InChI=1S/C34H39FN4O4.C4H10O.C2H6/c1-21-16-27(35)31-25-10-7-9-24(18-25)28-20-39-32(26(19-30(40)41)23(3)36-33(39)37-28)38-13-11-34(4,12-14-38)42-15-6-5-8-22(2)43-29(31)17-21;1-4(2,3)5;1-2/h7,9-10,16-18,20,22H,5-6,8,11-15,19H2,1-4H3,(H,40,41);5H,1-3H3;1-2H3. The topological polar surface area (TPSA) is 109 Å². The fourth-order valence-corrected chi connectivity index (χ4v) is 6.35. The molecule has 0 amide bonds. The maximum Gasteiger partial charge on any atom is 0.308 e. The Morgan fingerprint density at radius 3 is 2.38 bits per heavy atom. The quantitative estimate of drug-likeness (QED) is 0.215. The molecule has 10 heteroatoms. The van der Waals surface area contributed by atoms with E-state index >= 15 is 4.39 Å². The summed E-state index contributed by atoms with van der Waals surface area (Å²) in [6, 6.07) is 11.1. The summed E-state index contributed by atoms with van der Waals surface area (Å²) in [6.45, 7) is 19.3. The molecule has 50 heavy (non-hydrogen) atoms. The van der Waals surface area contributed by atoms with Gasteiger partial charge in [0.05, 0.1) is 35.0 Å². The average molecular weight is 691 g/mol. The van der Waals surface area contributed by atoms with Gasteiger partial charge in [-0.2, -0.15) is 0 Å². The number of benzene rings is 2. The lowest BCUT2D eigenvalue weighted by Crippen LogP contribution is -2.45. The van der Waals surface area contributed by atoms with Crippen molar-refractivity contribution in [3.8, 4) is 28.1 Å². The number of aromatic nitrogens is 3. The van der Waals surface area contributed by atoms with Gasteiger partial charge >= 0.3 is 5.97 Å². The normalized spacial score (nSPS) is 19.4. The molecule has 1 fully saturated rings. The molecule has 6 bridgehead atoms. The van der Waals surface area contributed by atoms with Gasteiger partial charge in [0.15, 0.2) is 0 Å². The van der Waals surface area contributed by atoms with Crippen molar-refractivity contribution in [2.24, 2.45) is 0 Å². The van der Waals surface area contributed by atoms with Gasteiger partial charge < -0.3 is 24.6 Å². The number of hydrogen-bond donors (Lipinski definition) is 2. The highest BCUT2D eigenvalue weighted by molar-refractivity contribution is 5.78. The van der Waals surface area contributed by atoms with Gasteiger partial charge in [-0.25, -0.2) is 14.4 Å². The zero-order valence-electron chi connectivity index (χ0n) is 31.3. The van der Waals surface area contributed by atoms with Gasteiger partial charge in [0.1, 0.15) is 17.4 Å². The number of carboxylic acid groups (broad SMARTS) is 1. The molecule has 5 heterocycles. The smallest absolute Gasteiger partial charge is 0.308 e. The van der Waals surface area contributed by atoms with E-state index in [0.717, 1.165) is 62.1 Å². The van der Waals surface area contributed by atoms with Crippen LogP contribution in [0.2, 0.25) is 0 Å². The number of carboxylic acids is 1. The monoisotopic (exact) mass is 690 g/mol. The molecule has 272 valence electrons. The highest BCUT2D eigenvalue weighted by Crippen LogP contribution is 2.38. The number of ether oxygens (including phenoxy) is 2. The van der Waals surface area contributed by atoms with Crippen molar-refractivity contribution < 1.29 is 28.9 Å². The van der Waals surface area contributed by atoms with Gasteiger partial charge in [-0.3, -0.25) is 9.20 Å². The predicted molar refractivity (Wildman–Crippen MR) is 198 cm³/mol. The number of halogens is 1. The molecule has 2 aromatic carbocycles. The van der Waals surface area contributed by atoms with E-state index in [9.17, 15) is 9.90 Å². The average Bonchev–Trinajstić information content (AvgIpc) is 3.45. The molecule has 0 aliphatic carbocycles. The zero-order valence-corrected chi connectivity index (χ0v) is 31.3. The van der Waals surface area contributed by atoms with Gasteiger partial charge in [-0.1, -0.05) is 32.0 Å². The molecule has 2 N–H and O–H groups in total. The summed E-state index contributed by atoms with van der Waals surface area (Å²) < 4.78 is 30.3. The summed E-state index contributed by atoms with van der Waals surface area (Å²) >= 11 is 0. The Bertz CT molecular complexity index is 1770. The molecule has 9 nitrogen and oxygen atoms in total. The second-order valence-electron chi connectivity index (χ2n) is 14.4. The molecule has 1 atom stereocenters. The fourth-order valence-electron chi connectivity index (χ4n) is 6.35. The van der Waals surface area contributed by atoms with Crippen molar-refractivity contribution in [1.82, 2.24) is 14.4 Å². The van der Waals surface area contributed by atoms with Gasteiger partial charge in [-0.15, -0.1) is 0 Å². The number of rotatable bonds is 2. The second-order valence-corrected chi connectivity index (χ2v) is 14.4. The van der Waals surface area contributed by atoms with Crippen LogP contribution in [0.5, 0.6) is 5.75 Å². The van der Waals surface area contributed by atoms with E-state index in [0.29, 0.717) is 46.2 Å². The van der Waals surface area contributed by atoms with Crippen LogP contribution in [0.3, 0.4) is 0 Å². The number of piperidine rings is 1. The van der Waals surface area contributed by atoms with E-state index in [4.69, 9.17) is 24.5 Å². The SMILES string of the molecule is CC.CC(C)(C)O.Cc1cc(F)c2c(c1)OC(C)CCCCOC1(C)CCN(CC1)c1c(CC(=O)O)c(C)nc3nc(cn13)-c1cccc-2c1. The molecular formula is C40H55FN4O5. The van der Waals surface area contributed by atoms with Crippen LogP contribution in [0.25, 0.3) is 28.2 Å². The lowest BCUT2D eigenvalue weighted by molar-refractivity contribution is -0.136. The van der Waals surface area contributed by atoms with Gasteiger partial charge in [0, 0.05) is 42.7 Å². The van der Waals surface area contributed by atoms with E-state index < -0.39 is 11.6 Å². The molecule has 4 aromatic rings. The largest absolute Gasteiger partial charge is 0.490 e. The van der Waals surface area contributed by atoms with E-state index in [-0.39, 0.29) is 23.9 Å². The number of fused-ring (bicyclic) bond motifs is 8. The van der Waals surface area contributed by atoms with Crippen LogP contribution < -0.4 is 9.64 Å². The third kappa shape index (κ3) is 9.82. The first-order chi connectivity index (χ1) is 23.6. The summed E-state index contributed by atoms with van der Waals surface area (Å²) in [7, 11) is 0. The van der Waals surface area contributed by atoms with Crippen molar-refractivity contribution >= 4 is 17.6 Å². The molecule has 3 aliphatic rings. The Kier molecular flexibility index (Phi) is 12.7. The summed E-state index contributed by atoms with van der Waals surface area (Å²) in [5.41, 5.74) is 3.98.